The lowest BCUT2D eigenvalue weighted by molar-refractivity contribution is -0.148. The molecule has 0 rings (SSSR count). The molecule has 0 aliphatic heterocycles. The Kier molecular flexibility index (Phi) is 14.5. The molecule has 0 aliphatic carbocycles. The number of ketones is 1. The molecule has 10 heteroatoms. The van der Waals surface area contributed by atoms with Gasteiger partial charge in [0.2, 0.25) is 5.78 Å². The molecule has 0 aromatic heterocycles. The van der Waals surface area contributed by atoms with E-state index in [1.807, 2.05) is 0 Å². The van der Waals surface area contributed by atoms with Crippen LogP contribution in [0.1, 0.15) is 13.8 Å². The maximum atomic E-state index is 9.65. The Morgan fingerprint density at radius 1 is 1.00 bits per heavy atom. The fourth-order valence-corrected chi connectivity index (χ4v) is 0.0781. The van der Waals surface area contributed by atoms with Crippen molar-refractivity contribution in [1.82, 2.24) is 0 Å². The molecule has 0 aromatic rings. The lowest BCUT2D eigenvalue weighted by Crippen LogP contribution is -2.33. The third-order valence-electron chi connectivity index (χ3n) is 1.20. The van der Waals surface area contributed by atoms with Crippen molar-refractivity contribution in [2.45, 2.75) is 25.9 Å². The van der Waals surface area contributed by atoms with E-state index in [1.54, 1.807) is 0 Å². The Labute approximate surface area is 108 Å². The molecule has 0 saturated carbocycles. The predicted molar refractivity (Wildman–Crippen MR) is 62.3 cm³/mol. The normalized spacial score (nSPS) is 11.6. The molecule has 8 N–H and O–H groups in total. The number of aliphatic carboxylic acids is 3. The highest BCUT2D eigenvalue weighted by atomic mass is 16.4. The van der Waals surface area contributed by atoms with Crippen molar-refractivity contribution in [1.29, 1.82) is 0 Å². The topological polar surface area (TPSA) is 201 Å². The van der Waals surface area contributed by atoms with Crippen molar-refractivity contribution < 1.29 is 39.6 Å². The lowest BCUT2D eigenvalue weighted by atomic mass is 10.3. The van der Waals surface area contributed by atoms with Crippen molar-refractivity contribution in [2.24, 2.45) is 11.5 Å². The molecule has 0 radical (unpaired) electrons. The third kappa shape index (κ3) is 21.7. The smallest absolute Gasteiger partial charge is 0.371 e. The van der Waals surface area contributed by atoms with Gasteiger partial charge in [-0.2, -0.15) is 0 Å². The molecule has 10 nitrogen and oxygen atoms in total. The number of carboxylic acid groups (broad SMARTS) is 3. The van der Waals surface area contributed by atoms with Crippen LogP contribution < -0.4 is 11.5 Å². The van der Waals surface area contributed by atoms with Gasteiger partial charge in [0.1, 0.15) is 12.1 Å². The molecule has 0 fully saturated rings. The van der Waals surface area contributed by atoms with Crippen molar-refractivity contribution in [2.75, 3.05) is 6.61 Å². The summed E-state index contributed by atoms with van der Waals surface area (Å²) < 4.78 is 0. The van der Waals surface area contributed by atoms with Crippen molar-refractivity contribution in [3.8, 4) is 0 Å². The van der Waals surface area contributed by atoms with Crippen LogP contribution in [0, 0.1) is 0 Å². The summed E-state index contributed by atoms with van der Waals surface area (Å²) in [6.07, 6.45) is 0. The van der Waals surface area contributed by atoms with E-state index in [1.165, 1.54) is 6.92 Å². The molecule has 0 heterocycles. The number of carboxylic acids is 3. The maximum Gasteiger partial charge on any atom is 0.371 e. The highest BCUT2D eigenvalue weighted by Crippen LogP contribution is 1.71. The summed E-state index contributed by atoms with van der Waals surface area (Å²) in [7, 11) is 0. The lowest BCUT2D eigenvalue weighted by Gasteiger charge is -1.96. The van der Waals surface area contributed by atoms with Crippen LogP contribution in [0.25, 0.3) is 0 Å². The Bertz CT molecular complexity index is 303. The van der Waals surface area contributed by atoms with E-state index < -0.39 is 42.4 Å². The minimum absolute atomic E-state index is 0.505. The fourth-order valence-electron chi connectivity index (χ4n) is 0.0781. The Hall–Kier alpha value is -2.04. The number of nitrogens with two attached hydrogens (primary N) is 2. The second kappa shape index (κ2) is 12.4. The van der Waals surface area contributed by atoms with Gasteiger partial charge in [-0.15, -0.1) is 0 Å². The summed E-state index contributed by atoms with van der Waals surface area (Å²) in [5.41, 5.74) is 9.60. The highest BCUT2D eigenvalue weighted by Gasteiger charge is 2.07. The second-order valence-corrected chi connectivity index (χ2v) is 3.12. The third-order valence-corrected chi connectivity index (χ3v) is 1.20. The largest absolute Gasteiger partial charge is 0.480 e. The monoisotopic (exact) mass is 282 g/mol. The van der Waals surface area contributed by atoms with Gasteiger partial charge in [0, 0.05) is 6.92 Å². The first-order valence-corrected chi connectivity index (χ1v) is 4.78. The molecular weight excluding hydrogens is 264 g/mol. The van der Waals surface area contributed by atoms with Gasteiger partial charge in [-0.25, -0.2) is 4.79 Å². The molecule has 19 heavy (non-hydrogen) atoms. The summed E-state index contributed by atoms with van der Waals surface area (Å²) in [5, 5.41) is 31.4. The van der Waals surface area contributed by atoms with Crippen LogP contribution in [0.2, 0.25) is 0 Å². The van der Waals surface area contributed by atoms with E-state index in [2.05, 4.69) is 0 Å². The predicted octanol–water partition coefficient (Wildman–Crippen LogP) is -2.53. The van der Waals surface area contributed by atoms with Crippen LogP contribution in [0.3, 0.4) is 0 Å². The Morgan fingerprint density at radius 2 is 1.26 bits per heavy atom. The summed E-state index contributed by atoms with van der Waals surface area (Å²) >= 11 is 0. The van der Waals surface area contributed by atoms with Gasteiger partial charge in [0.15, 0.2) is 0 Å². The number of hydrogen-bond acceptors (Lipinski definition) is 7. The average Bonchev–Trinajstić information content (AvgIpc) is 2.29. The number of aliphatic hydroxyl groups excluding tert-OH is 1. The van der Waals surface area contributed by atoms with Gasteiger partial charge in [-0.1, -0.05) is 0 Å². The second-order valence-electron chi connectivity index (χ2n) is 3.12. The highest BCUT2D eigenvalue weighted by molar-refractivity contribution is 6.31. The van der Waals surface area contributed by atoms with E-state index in [-0.39, 0.29) is 0 Å². The van der Waals surface area contributed by atoms with E-state index >= 15 is 0 Å². The quantitative estimate of drug-likeness (QED) is 0.298. The van der Waals surface area contributed by atoms with Crippen LogP contribution in [0.4, 0.5) is 0 Å². The summed E-state index contributed by atoms with van der Waals surface area (Å²) in [6.45, 7) is 1.92. The zero-order chi connectivity index (χ0) is 16.2. The fraction of sp³-hybridized carbons (Fsp3) is 0.556. The van der Waals surface area contributed by atoms with E-state index in [4.69, 9.17) is 31.9 Å². The van der Waals surface area contributed by atoms with Crippen LogP contribution in [-0.2, 0) is 19.2 Å². The van der Waals surface area contributed by atoms with E-state index in [0.29, 0.717) is 0 Å². The molecule has 2 atom stereocenters. The first kappa shape index (κ1) is 22.2. The maximum absolute atomic E-state index is 9.65. The summed E-state index contributed by atoms with van der Waals surface area (Å²) in [5.74, 6) is -4.34. The Morgan fingerprint density at radius 3 is 1.26 bits per heavy atom. The average molecular weight is 282 g/mol. The number of rotatable bonds is 4. The molecule has 112 valence electrons. The van der Waals surface area contributed by atoms with Crippen LogP contribution in [0.15, 0.2) is 0 Å². The molecule has 0 saturated heterocycles. The van der Waals surface area contributed by atoms with Gasteiger partial charge in [-0.3, -0.25) is 14.4 Å². The minimum atomic E-state index is -1.38. The van der Waals surface area contributed by atoms with Gasteiger partial charge in [-0.05, 0) is 6.92 Å². The molecule has 0 aliphatic rings. The van der Waals surface area contributed by atoms with Crippen LogP contribution in [0.5, 0.6) is 0 Å². The number of hydrogen-bond donors (Lipinski definition) is 6. The van der Waals surface area contributed by atoms with Crippen molar-refractivity contribution in [3.63, 3.8) is 0 Å². The number of Topliss-reactive ketones (excluding diaryl/α,β-unsaturated/α-hetero) is 1. The molecule has 0 aromatic carbocycles. The van der Waals surface area contributed by atoms with Crippen LogP contribution in [-0.4, -0.2) is 62.8 Å². The standard InChI is InChI=1S/C3H7NO3.C3H7NO2.C3H4O3/c4-2(1-5)3(6)7;2*1-2(4)3(5)6/h2,5H,1,4H2,(H,6,7);2H,4H2,1H3,(H,5,6);1H3,(H,5,6)/t2*2-;/m00./s1. The van der Waals surface area contributed by atoms with Gasteiger partial charge in [0.25, 0.3) is 0 Å². The van der Waals surface area contributed by atoms with E-state index in [9.17, 15) is 19.2 Å². The molecule has 0 bridgehead atoms. The first-order chi connectivity index (χ1) is 8.47. The number of carbonyl (C=O) groups is 4. The molecule has 0 unspecified atom stereocenters. The van der Waals surface area contributed by atoms with Gasteiger partial charge < -0.3 is 31.9 Å². The zero-order valence-corrected chi connectivity index (χ0v) is 10.4. The first-order valence-electron chi connectivity index (χ1n) is 4.78. The van der Waals surface area contributed by atoms with Crippen molar-refractivity contribution >= 4 is 23.7 Å². The summed E-state index contributed by atoms with van der Waals surface area (Å²) in [6, 6.07) is -1.86. The van der Waals surface area contributed by atoms with Crippen LogP contribution >= 0.6 is 0 Å². The summed E-state index contributed by atoms with van der Waals surface area (Å²) in [4.78, 5) is 38.1. The number of carbonyl (C=O) groups excluding carboxylic acids is 1. The number of aliphatic hydroxyl groups is 1. The van der Waals surface area contributed by atoms with Crippen molar-refractivity contribution in [3.05, 3.63) is 0 Å². The van der Waals surface area contributed by atoms with E-state index in [0.717, 1.165) is 6.92 Å². The molecule has 0 amide bonds. The zero-order valence-electron chi connectivity index (χ0n) is 10.4. The SMILES string of the molecule is CC(=O)C(=O)O.C[C@H](N)C(=O)O.N[C@@H](CO)C(=O)O. The molecular formula is C9H18N2O8. The Balaban J connectivity index is -0.000000203. The van der Waals surface area contributed by atoms with Gasteiger partial charge >= 0.3 is 17.9 Å². The minimum Gasteiger partial charge on any atom is -0.480 e. The van der Waals surface area contributed by atoms with Gasteiger partial charge in [0.05, 0.1) is 6.61 Å². The molecule has 0 spiro atoms.